The van der Waals surface area contributed by atoms with Crippen LogP contribution in [-0.2, 0) is 16.6 Å². The van der Waals surface area contributed by atoms with Crippen molar-refractivity contribution in [1.29, 1.82) is 0 Å². The number of rotatable bonds is 8. The first-order valence-electron chi connectivity index (χ1n) is 6.67. The molecule has 1 heterocycles. The molecular formula is C13H25N3O3S. The van der Waals surface area contributed by atoms with E-state index in [1.165, 1.54) is 0 Å². The zero-order chi connectivity index (χ0) is 15.3. The lowest BCUT2D eigenvalue weighted by molar-refractivity contribution is 0.379. The SMILES string of the molecule is CNCc1cc(S(=O)(=O)NC(C)CCN(C)C)c(C)o1. The number of furan rings is 1. The molecule has 0 fully saturated rings. The minimum absolute atomic E-state index is 0.121. The summed E-state index contributed by atoms with van der Waals surface area (Å²) in [5, 5.41) is 2.94. The Bertz CT molecular complexity index is 523. The zero-order valence-corrected chi connectivity index (χ0v) is 13.7. The van der Waals surface area contributed by atoms with Crippen LogP contribution in [0.3, 0.4) is 0 Å². The van der Waals surface area contributed by atoms with Gasteiger partial charge in [0.2, 0.25) is 10.0 Å². The third-order valence-corrected chi connectivity index (χ3v) is 4.63. The Morgan fingerprint density at radius 3 is 2.60 bits per heavy atom. The average Bonchev–Trinajstić information content (AvgIpc) is 2.68. The van der Waals surface area contributed by atoms with Crippen molar-refractivity contribution in [2.75, 3.05) is 27.7 Å². The maximum Gasteiger partial charge on any atom is 0.244 e. The first-order chi connectivity index (χ1) is 9.26. The van der Waals surface area contributed by atoms with E-state index in [2.05, 4.69) is 10.0 Å². The van der Waals surface area contributed by atoms with Gasteiger partial charge in [0, 0.05) is 12.1 Å². The largest absolute Gasteiger partial charge is 0.464 e. The molecule has 0 bridgehead atoms. The molecule has 0 saturated carbocycles. The molecule has 0 aliphatic heterocycles. The molecule has 0 aliphatic rings. The van der Waals surface area contributed by atoms with E-state index in [4.69, 9.17) is 4.42 Å². The summed E-state index contributed by atoms with van der Waals surface area (Å²) in [4.78, 5) is 2.25. The zero-order valence-electron chi connectivity index (χ0n) is 12.9. The molecule has 2 N–H and O–H groups in total. The Kier molecular flexibility index (Phi) is 6.19. The van der Waals surface area contributed by atoms with Crippen LogP contribution in [0.25, 0.3) is 0 Å². The quantitative estimate of drug-likeness (QED) is 0.747. The Balaban J connectivity index is 2.77. The standard InChI is InChI=1S/C13H25N3O3S/c1-10(6-7-16(4)5)15-20(17,18)13-8-12(9-14-3)19-11(13)2/h8,10,14-15H,6-7,9H2,1-5H3. The van der Waals surface area contributed by atoms with Crippen LogP contribution in [0, 0.1) is 6.92 Å². The van der Waals surface area contributed by atoms with Crippen molar-refractivity contribution in [2.24, 2.45) is 0 Å². The topological polar surface area (TPSA) is 74.6 Å². The average molecular weight is 303 g/mol. The number of hydrogen-bond acceptors (Lipinski definition) is 5. The van der Waals surface area contributed by atoms with Crippen LogP contribution in [0.4, 0.5) is 0 Å². The fraction of sp³-hybridized carbons (Fsp3) is 0.692. The predicted molar refractivity (Wildman–Crippen MR) is 79.2 cm³/mol. The van der Waals surface area contributed by atoms with Gasteiger partial charge in [0.05, 0.1) is 6.54 Å². The van der Waals surface area contributed by atoms with Gasteiger partial charge in [0.15, 0.2) is 0 Å². The Labute approximate surface area is 121 Å². The highest BCUT2D eigenvalue weighted by molar-refractivity contribution is 7.89. The molecular weight excluding hydrogens is 278 g/mol. The van der Waals surface area contributed by atoms with Gasteiger partial charge < -0.3 is 14.6 Å². The molecule has 7 heteroatoms. The van der Waals surface area contributed by atoms with Gasteiger partial charge >= 0.3 is 0 Å². The summed E-state index contributed by atoms with van der Waals surface area (Å²) in [5.41, 5.74) is 0. The highest BCUT2D eigenvalue weighted by Gasteiger charge is 2.23. The van der Waals surface area contributed by atoms with E-state index in [-0.39, 0.29) is 10.9 Å². The lowest BCUT2D eigenvalue weighted by atomic mass is 10.2. The van der Waals surface area contributed by atoms with Gasteiger partial charge in [-0.2, -0.15) is 0 Å². The number of aryl methyl sites for hydroxylation is 1. The van der Waals surface area contributed by atoms with Crippen molar-refractivity contribution in [1.82, 2.24) is 14.9 Å². The molecule has 1 rings (SSSR count). The van der Waals surface area contributed by atoms with E-state index in [9.17, 15) is 8.42 Å². The first-order valence-corrected chi connectivity index (χ1v) is 8.15. The smallest absolute Gasteiger partial charge is 0.244 e. The number of sulfonamides is 1. The summed E-state index contributed by atoms with van der Waals surface area (Å²) in [5.74, 6) is 1.04. The molecule has 0 spiro atoms. The van der Waals surface area contributed by atoms with Gasteiger partial charge in [-0.15, -0.1) is 0 Å². The minimum atomic E-state index is -3.53. The highest BCUT2D eigenvalue weighted by atomic mass is 32.2. The van der Waals surface area contributed by atoms with Crippen molar-refractivity contribution in [3.05, 3.63) is 17.6 Å². The Morgan fingerprint density at radius 1 is 1.40 bits per heavy atom. The predicted octanol–water partition coefficient (Wildman–Crippen LogP) is 0.926. The summed E-state index contributed by atoms with van der Waals surface area (Å²) in [6, 6.07) is 1.46. The van der Waals surface area contributed by atoms with Crippen molar-refractivity contribution >= 4 is 10.0 Å². The van der Waals surface area contributed by atoms with Gasteiger partial charge in [-0.3, -0.25) is 0 Å². The normalized spacial score (nSPS) is 13.9. The molecule has 1 aromatic heterocycles. The van der Waals surface area contributed by atoms with Crippen LogP contribution >= 0.6 is 0 Å². The molecule has 0 amide bonds. The lowest BCUT2D eigenvalue weighted by Crippen LogP contribution is -2.34. The van der Waals surface area contributed by atoms with E-state index in [0.29, 0.717) is 18.1 Å². The van der Waals surface area contributed by atoms with E-state index in [1.807, 2.05) is 25.9 Å². The Morgan fingerprint density at radius 2 is 2.05 bits per heavy atom. The monoisotopic (exact) mass is 303 g/mol. The van der Waals surface area contributed by atoms with Gasteiger partial charge in [-0.1, -0.05) is 0 Å². The molecule has 0 aliphatic carbocycles. The van der Waals surface area contributed by atoms with E-state index < -0.39 is 10.0 Å². The number of hydrogen-bond donors (Lipinski definition) is 2. The van der Waals surface area contributed by atoms with E-state index >= 15 is 0 Å². The minimum Gasteiger partial charge on any atom is -0.464 e. The summed E-state index contributed by atoms with van der Waals surface area (Å²) >= 11 is 0. The molecule has 20 heavy (non-hydrogen) atoms. The van der Waals surface area contributed by atoms with Crippen LogP contribution in [0.5, 0.6) is 0 Å². The highest BCUT2D eigenvalue weighted by Crippen LogP contribution is 2.20. The molecule has 1 unspecified atom stereocenters. The van der Waals surface area contributed by atoms with Crippen LogP contribution in [0.15, 0.2) is 15.4 Å². The fourth-order valence-corrected chi connectivity index (χ4v) is 3.37. The molecule has 1 aromatic rings. The van der Waals surface area contributed by atoms with Crippen molar-refractivity contribution in [3.8, 4) is 0 Å². The summed E-state index contributed by atoms with van der Waals surface area (Å²) in [6.07, 6.45) is 0.756. The van der Waals surface area contributed by atoms with Crippen LogP contribution in [0.2, 0.25) is 0 Å². The third-order valence-electron chi connectivity index (χ3n) is 2.93. The van der Waals surface area contributed by atoms with Crippen LogP contribution in [0.1, 0.15) is 24.9 Å². The van der Waals surface area contributed by atoms with Crippen LogP contribution in [-0.4, -0.2) is 47.0 Å². The maximum absolute atomic E-state index is 12.3. The first kappa shape index (κ1) is 17.2. The lowest BCUT2D eigenvalue weighted by Gasteiger charge is -2.16. The Hall–Kier alpha value is -0.890. The fourth-order valence-electron chi connectivity index (χ4n) is 1.89. The van der Waals surface area contributed by atoms with Gasteiger partial charge in [0.25, 0.3) is 0 Å². The second-order valence-electron chi connectivity index (χ2n) is 5.28. The molecule has 0 saturated heterocycles. The molecule has 6 nitrogen and oxygen atoms in total. The van der Waals surface area contributed by atoms with E-state index in [0.717, 1.165) is 13.0 Å². The number of nitrogens with zero attached hydrogens (tertiary/aromatic N) is 1. The van der Waals surface area contributed by atoms with Gasteiger partial charge in [-0.05, 0) is 48.0 Å². The number of nitrogens with one attached hydrogen (secondary N) is 2. The van der Waals surface area contributed by atoms with E-state index in [1.54, 1.807) is 20.0 Å². The second kappa shape index (κ2) is 7.21. The third kappa shape index (κ3) is 4.90. The van der Waals surface area contributed by atoms with Crippen molar-refractivity contribution < 1.29 is 12.8 Å². The summed E-state index contributed by atoms with van der Waals surface area (Å²) in [7, 11) is 2.19. The van der Waals surface area contributed by atoms with Gasteiger partial charge in [0.1, 0.15) is 16.4 Å². The van der Waals surface area contributed by atoms with Gasteiger partial charge in [-0.25, -0.2) is 13.1 Å². The summed E-state index contributed by atoms with van der Waals surface area (Å²) in [6.45, 7) is 4.87. The second-order valence-corrected chi connectivity index (χ2v) is 6.96. The summed E-state index contributed by atoms with van der Waals surface area (Å²) < 4.78 is 32.8. The van der Waals surface area contributed by atoms with Crippen molar-refractivity contribution in [2.45, 2.75) is 37.8 Å². The maximum atomic E-state index is 12.3. The van der Waals surface area contributed by atoms with Crippen molar-refractivity contribution in [3.63, 3.8) is 0 Å². The molecule has 116 valence electrons. The molecule has 0 radical (unpaired) electrons. The van der Waals surface area contributed by atoms with Crippen LogP contribution < -0.4 is 10.0 Å². The molecule has 0 aromatic carbocycles. The molecule has 1 atom stereocenters.